The number of rotatable bonds is 5. The summed E-state index contributed by atoms with van der Waals surface area (Å²) in [5, 5.41) is 8.87. The van der Waals surface area contributed by atoms with Gasteiger partial charge in [-0.05, 0) is 19.3 Å². The van der Waals surface area contributed by atoms with Gasteiger partial charge in [0, 0.05) is 13.2 Å². The van der Waals surface area contributed by atoms with Crippen LogP contribution in [0.2, 0.25) is 0 Å². The quantitative estimate of drug-likeness (QED) is 0.726. The zero-order valence-corrected chi connectivity index (χ0v) is 10.9. The summed E-state index contributed by atoms with van der Waals surface area (Å²) in [5.41, 5.74) is 4.86. The number of likely N-dealkylation sites (tertiary alicyclic amines) is 1. The molecule has 0 aromatic carbocycles. The fraction of sp³-hybridized carbons (Fsp3) is 0.917. The highest BCUT2D eigenvalue weighted by atomic mass is 19.1. The molecule has 0 aliphatic carbocycles. The number of hydrogen-bond donors (Lipinski definition) is 2. The topological polar surface area (TPSA) is 75.8 Å². The molecule has 6 heteroatoms. The van der Waals surface area contributed by atoms with E-state index < -0.39 is 17.8 Å². The van der Waals surface area contributed by atoms with Gasteiger partial charge in [0.15, 0.2) is 0 Å². The van der Waals surface area contributed by atoms with Crippen LogP contribution in [0.5, 0.6) is 0 Å². The lowest BCUT2D eigenvalue weighted by Gasteiger charge is -2.41. The number of piperidine rings is 1. The molecule has 0 aromatic rings. The van der Waals surface area contributed by atoms with E-state index in [1.807, 2.05) is 6.92 Å². The second-order valence-electron chi connectivity index (χ2n) is 4.84. The number of halogens is 1. The molecule has 1 amide bonds. The van der Waals surface area contributed by atoms with Gasteiger partial charge in [-0.3, -0.25) is 0 Å². The first kappa shape index (κ1) is 15.2. The summed E-state index contributed by atoms with van der Waals surface area (Å²) in [6.07, 6.45) is 0.518. The molecule has 1 aliphatic heterocycles. The number of nitrogens with two attached hydrogens (primary N) is 1. The van der Waals surface area contributed by atoms with E-state index in [4.69, 9.17) is 15.6 Å². The maximum Gasteiger partial charge on any atom is 0.409 e. The number of carbonyl (C=O) groups excluding carboxylic acids is 1. The van der Waals surface area contributed by atoms with Crippen molar-refractivity contribution >= 4 is 6.09 Å². The smallest absolute Gasteiger partial charge is 0.409 e. The van der Waals surface area contributed by atoms with Crippen molar-refractivity contribution in [1.82, 2.24) is 4.90 Å². The largest absolute Gasteiger partial charge is 0.449 e. The third kappa shape index (κ3) is 3.81. The molecule has 5 nitrogen and oxygen atoms in total. The molecule has 106 valence electrons. The highest BCUT2D eigenvalue weighted by Crippen LogP contribution is 2.26. The standard InChI is InChI=1S/C12H23FN2O3/c1-2-3-8-18-11(17)15-6-4-12(14,5-7-16)10(13)9-15/h10,16H,2-9,14H2,1H3. The van der Waals surface area contributed by atoms with Gasteiger partial charge in [0.25, 0.3) is 0 Å². The average Bonchev–Trinajstić information content (AvgIpc) is 2.33. The molecule has 0 bridgehead atoms. The summed E-state index contributed by atoms with van der Waals surface area (Å²) < 4.78 is 19.0. The Bertz CT molecular complexity index is 278. The number of carbonyl (C=O) groups is 1. The Morgan fingerprint density at radius 2 is 2.39 bits per heavy atom. The number of amides is 1. The number of nitrogens with zero attached hydrogens (tertiary/aromatic N) is 1. The lowest BCUT2D eigenvalue weighted by atomic mass is 9.84. The molecule has 1 aliphatic rings. The molecule has 2 unspecified atom stereocenters. The molecule has 0 aromatic heterocycles. The van der Waals surface area contributed by atoms with Crippen LogP contribution in [0.15, 0.2) is 0 Å². The van der Waals surface area contributed by atoms with Crippen molar-refractivity contribution in [3.63, 3.8) is 0 Å². The third-order valence-electron chi connectivity index (χ3n) is 3.41. The van der Waals surface area contributed by atoms with Crippen LogP contribution in [0, 0.1) is 0 Å². The van der Waals surface area contributed by atoms with E-state index in [2.05, 4.69) is 0 Å². The molecular weight excluding hydrogens is 239 g/mol. The number of unbranched alkanes of at least 4 members (excludes halogenated alkanes) is 1. The van der Waals surface area contributed by atoms with E-state index in [1.165, 1.54) is 4.90 Å². The first-order valence-corrected chi connectivity index (χ1v) is 6.49. The predicted octanol–water partition coefficient (Wildman–Crippen LogP) is 1.05. The lowest BCUT2D eigenvalue weighted by Crippen LogP contribution is -2.60. The van der Waals surface area contributed by atoms with Gasteiger partial charge >= 0.3 is 6.09 Å². The molecule has 1 saturated heterocycles. The van der Waals surface area contributed by atoms with E-state index >= 15 is 0 Å². The van der Waals surface area contributed by atoms with E-state index in [0.29, 0.717) is 19.6 Å². The third-order valence-corrected chi connectivity index (χ3v) is 3.41. The summed E-state index contributed by atoms with van der Waals surface area (Å²) >= 11 is 0. The fourth-order valence-corrected chi connectivity index (χ4v) is 2.02. The molecule has 18 heavy (non-hydrogen) atoms. The Balaban J connectivity index is 2.42. The van der Waals surface area contributed by atoms with Gasteiger partial charge in [-0.15, -0.1) is 0 Å². The second kappa shape index (κ2) is 6.89. The highest BCUT2D eigenvalue weighted by molar-refractivity contribution is 5.67. The number of ether oxygens (including phenoxy) is 1. The van der Waals surface area contributed by atoms with E-state index in [-0.39, 0.29) is 19.6 Å². The molecule has 1 rings (SSSR count). The molecule has 0 saturated carbocycles. The normalized spacial score (nSPS) is 28.2. The zero-order chi connectivity index (χ0) is 13.6. The molecule has 1 heterocycles. The van der Waals surface area contributed by atoms with E-state index in [9.17, 15) is 9.18 Å². The van der Waals surface area contributed by atoms with Crippen molar-refractivity contribution in [3.8, 4) is 0 Å². The Morgan fingerprint density at radius 3 is 2.94 bits per heavy atom. The van der Waals surface area contributed by atoms with Crippen LogP contribution in [-0.4, -0.2) is 54.1 Å². The van der Waals surface area contributed by atoms with Gasteiger partial charge < -0.3 is 20.5 Å². The monoisotopic (exact) mass is 262 g/mol. The Hall–Kier alpha value is -0.880. The van der Waals surface area contributed by atoms with Crippen LogP contribution < -0.4 is 5.73 Å². The van der Waals surface area contributed by atoms with Crippen molar-refractivity contribution in [1.29, 1.82) is 0 Å². The number of hydrogen-bond acceptors (Lipinski definition) is 4. The zero-order valence-electron chi connectivity index (χ0n) is 10.9. The Labute approximate surface area is 107 Å². The molecule has 0 radical (unpaired) electrons. The van der Waals surface area contributed by atoms with Gasteiger partial charge in [0.2, 0.25) is 0 Å². The van der Waals surface area contributed by atoms with Gasteiger partial charge in [-0.1, -0.05) is 13.3 Å². The maximum absolute atomic E-state index is 13.9. The molecule has 1 fully saturated rings. The Kier molecular flexibility index (Phi) is 5.81. The van der Waals surface area contributed by atoms with Crippen LogP contribution in [0.4, 0.5) is 9.18 Å². The number of aliphatic hydroxyl groups is 1. The lowest BCUT2D eigenvalue weighted by molar-refractivity contribution is 0.0345. The highest BCUT2D eigenvalue weighted by Gasteiger charge is 2.41. The number of aliphatic hydroxyl groups excluding tert-OH is 1. The van der Waals surface area contributed by atoms with Crippen molar-refractivity contribution in [2.24, 2.45) is 5.73 Å². The van der Waals surface area contributed by atoms with Crippen molar-refractivity contribution in [2.75, 3.05) is 26.3 Å². The van der Waals surface area contributed by atoms with Gasteiger partial charge in [-0.2, -0.15) is 0 Å². The van der Waals surface area contributed by atoms with Gasteiger partial charge in [-0.25, -0.2) is 9.18 Å². The SMILES string of the molecule is CCCCOC(=O)N1CCC(N)(CCO)C(F)C1. The average molecular weight is 262 g/mol. The van der Waals surface area contributed by atoms with Crippen molar-refractivity contribution in [2.45, 2.75) is 44.3 Å². The molecular formula is C12H23FN2O3. The van der Waals surface area contributed by atoms with Crippen molar-refractivity contribution in [3.05, 3.63) is 0 Å². The second-order valence-corrected chi connectivity index (χ2v) is 4.84. The summed E-state index contributed by atoms with van der Waals surface area (Å²) in [7, 11) is 0. The van der Waals surface area contributed by atoms with E-state index in [1.54, 1.807) is 0 Å². The summed E-state index contributed by atoms with van der Waals surface area (Å²) in [4.78, 5) is 13.0. The number of alkyl halides is 1. The summed E-state index contributed by atoms with van der Waals surface area (Å²) in [5.74, 6) is 0. The first-order valence-electron chi connectivity index (χ1n) is 6.49. The fourth-order valence-electron chi connectivity index (χ4n) is 2.02. The first-order chi connectivity index (χ1) is 8.53. The minimum atomic E-state index is -1.32. The van der Waals surface area contributed by atoms with Gasteiger partial charge in [0.1, 0.15) is 6.17 Å². The molecule has 2 atom stereocenters. The van der Waals surface area contributed by atoms with Crippen LogP contribution in [0.25, 0.3) is 0 Å². The van der Waals surface area contributed by atoms with Crippen molar-refractivity contribution < 1.29 is 19.0 Å². The minimum absolute atomic E-state index is 0.0541. The predicted molar refractivity (Wildman–Crippen MR) is 66.0 cm³/mol. The molecule has 3 N–H and O–H groups in total. The molecule has 0 spiro atoms. The summed E-state index contributed by atoms with van der Waals surface area (Å²) in [6, 6.07) is 0. The van der Waals surface area contributed by atoms with Crippen LogP contribution >= 0.6 is 0 Å². The van der Waals surface area contributed by atoms with E-state index in [0.717, 1.165) is 12.8 Å². The maximum atomic E-state index is 13.9. The van der Waals surface area contributed by atoms with Crippen LogP contribution in [0.1, 0.15) is 32.6 Å². The van der Waals surface area contributed by atoms with Crippen LogP contribution in [0.3, 0.4) is 0 Å². The van der Waals surface area contributed by atoms with Crippen LogP contribution in [-0.2, 0) is 4.74 Å². The van der Waals surface area contributed by atoms with Gasteiger partial charge in [0.05, 0.1) is 18.7 Å². The Morgan fingerprint density at radius 1 is 1.67 bits per heavy atom. The minimum Gasteiger partial charge on any atom is -0.449 e. The summed E-state index contributed by atoms with van der Waals surface area (Å²) in [6.45, 7) is 2.55.